The first kappa shape index (κ1) is 13.2. The summed E-state index contributed by atoms with van der Waals surface area (Å²) in [6, 6.07) is 13.0. The Labute approximate surface area is 116 Å². The van der Waals surface area contributed by atoms with Gasteiger partial charge in [0.25, 0.3) is 0 Å². The van der Waals surface area contributed by atoms with Crippen molar-refractivity contribution in [2.24, 2.45) is 0 Å². The fraction of sp³-hybridized carbons (Fsp3) is 0.143. The number of nitrogens with one attached hydrogen (secondary N) is 1. The SMILES string of the molecule is CNCc1ccccc1Oc1cc(Cl)cc(Cl)c1. The van der Waals surface area contributed by atoms with E-state index in [-0.39, 0.29) is 0 Å². The molecule has 0 saturated carbocycles. The highest BCUT2D eigenvalue weighted by atomic mass is 35.5. The van der Waals surface area contributed by atoms with Gasteiger partial charge in [-0.2, -0.15) is 0 Å². The molecule has 0 aliphatic carbocycles. The van der Waals surface area contributed by atoms with E-state index in [9.17, 15) is 0 Å². The Morgan fingerprint density at radius 2 is 1.72 bits per heavy atom. The molecule has 0 radical (unpaired) electrons. The molecular formula is C14H13Cl2NO. The molecule has 0 atom stereocenters. The lowest BCUT2D eigenvalue weighted by molar-refractivity contribution is 0.474. The van der Waals surface area contributed by atoms with E-state index in [0.29, 0.717) is 15.8 Å². The average molecular weight is 282 g/mol. The minimum absolute atomic E-state index is 0.559. The van der Waals surface area contributed by atoms with E-state index in [2.05, 4.69) is 5.32 Å². The van der Waals surface area contributed by atoms with Crippen LogP contribution in [0.4, 0.5) is 0 Å². The van der Waals surface area contributed by atoms with Crippen LogP contribution in [0.25, 0.3) is 0 Å². The van der Waals surface area contributed by atoms with Crippen molar-refractivity contribution >= 4 is 23.2 Å². The third-order valence-corrected chi connectivity index (χ3v) is 2.84. The summed E-state index contributed by atoms with van der Waals surface area (Å²) in [6.07, 6.45) is 0. The van der Waals surface area contributed by atoms with Crippen molar-refractivity contribution in [2.75, 3.05) is 7.05 Å². The molecule has 0 unspecified atom stereocenters. The summed E-state index contributed by atoms with van der Waals surface area (Å²) < 4.78 is 5.81. The highest BCUT2D eigenvalue weighted by Gasteiger charge is 2.05. The molecule has 0 fully saturated rings. The molecule has 18 heavy (non-hydrogen) atoms. The normalized spacial score (nSPS) is 10.4. The second kappa shape index (κ2) is 6.10. The number of para-hydroxylation sites is 1. The molecule has 94 valence electrons. The fourth-order valence-corrected chi connectivity index (χ4v) is 2.16. The van der Waals surface area contributed by atoms with Gasteiger partial charge in [-0.1, -0.05) is 41.4 Å². The highest BCUT2D eigenvalue weighted by Crippen LogP contribution is 2.30. The highest BCUT2D eigenvalue weighted by molar-refractivity contribution is 6.34. The molecule has 0 spiro atoms. The van der Waals surface area contributed by atoms with E-state index in [1.165, 1.54) is 0 Å². The number of benzene rings is 2. The van der Waals surface area contributed by atoms with Crippen LogP contribution in [0, 0.1) is 0 Å². The number of rotatable bonds is 4. The molecule has 2 aromatic carbocycles. The van der Waals surface area contributed by atoms with Gasteiger partial charge in [0.15, 0.2) is 0 Å². The van der Waals surface area contributed by atoms with E-state index in [0.717, 1.165) is 17.9 Å². The quantitative estimate of drug-likeness (QED) is 0.891. The number of ether oxygens (including phenoxy) is 1. The van der Waals surface area contributed by atoms with Gasteiger partial charge in [0.2, 0.25) is 0 Å². The van der Waals surface area contributed by atoms with Crippen molar-refractivity contribution < 1.29 is 4.74 Å². The first-order valence-electron chi connectivity index (χ1n) is 5.55. The Kier molecular flexibility index (Phi) is 4.48. The van der Waals surface area contributed by atoms with Gasteiger partial charge in [-0.05, 0) is 31.3 Å². The fourth-order valence-electron chi connectivity index (χ4n) is 1.65. The molecular weight excluding hydrogens is 269 g/mol. The summed E-state index contributed by atoms with van der Waals surface area (Å²) in [6.45, 7) is 0.741. The summed E-state index contributed by atoms with van der Waals surface area (Å²) in [5.41, 5.74) is 1.08. The zero-order valence-electron chi connectivity index (χ0n) is 9.91. The molecule has 0 aliphatic rings. The molecule has 2 rings (SSSR count). The van der Waals surface area contributed by atoms with Crippen molar-refractivity contribution in [2.45, 2.75) is 6.54 Å². The molecule has 0 aromatic heterocycles. The molecule has 0 aliphatic heterocycles. The van der Waals surface area contributed by atoms with Crippen molar-refractivity contribution in [3.05, 3.63) is 58.1 Å². The van der Waals surface area contributed by atoms with Crippen molar-refractivity contribution in [3.63, 3.8) is 0 Å². The third-order valence-electron chi connectivity index (χ3n) is 2.40. The first-order valence-corrected chi connectivity index (χ1v) is 6.31. The van der Waals surface area contributed by atoms with Crippen molar-refractivity contribution in [1.29, 1.82) is 0 Å². The van der Waals surface area contributed by atoms with Gasteiger partial charge in [-0.3, -0.25) is 0 Å². The molecule has 1 N–H and O–H groups in total. The lowest BCUT2D eigenvalue weighted by atomic mass is 10.2. The van der Waals surface area contributed by atoms with Crippen LogP contribution in [0.3, 0.4) is 0 Å². The topological polar surface area (TPSA) is 21.3 Å². The van der Waals surface area contributed by atoms with E-state index in [4.69, 9.17) is 27.9 Å². The lowest BCUT2D eigenvalue weighted by Gasteiger charge is -2.11. The summed E-state index contributed by atoms with van der Waals surface area (Å²) in [5.74, 6) is 1.43. The van der Waals surface area contributed by atoms with Gasteiger partial charge < -0.3 is 10.1 Å². The molecule has 4 heteroatoms. The molecule has 0 bridgehead atoms. The minimum atomic E-state index is 0.559. The summed E-state index contributed by atoms with van der Waals surface area (Å²) in [5, 5.41) is 4.22. The van der Waals surface area contributed by atoms with Crippen molar-refractivity contribution in [1.82, 2.24) is 5.32 Å². The second-order valence-electron chi connectivity index (χ2n) is 3.85. The number of hydrogen-bond acceptors (Lipinski definition) is 2. The van der Waals surface area contributed by atoms with Crippen molar-refractivity contribution in [3.8, 4) is 11.5 Å². The van der Waals surface area contributed by atoms with Gasteiger partial charge in [0, 0.05) is 22.2 Å². The molecule has 2 nitrogen and oxygen atoms in total. The molecule has 0 saturated heterocycles. The van der Waals surface area contributed by atoms with Gasteiger partial charge in [0.1, 0.15) is 11.5 Å². The van der Waals surface area contributed by atoms with Crippen LogP contribution < -0.4 is 10.1 Å². The lowest BCUT2D eigenvalue weighted by Crippen LogP contribution is -2.06. The number of hydrogen-bond donors (Lipinski definition) is 1. The van der Waals surface area contributed by atoms with Crippen LogP contribution in [-0.2, 0) is 6.54 Å². The van der Waals surface area contributed by atoms with Crippen LogP contribution in [0.1, 0.15) is 5.56 Å². The maximum absolute atomic E-state index is 5.94. The van der Waals surface area contributed by atoms with Gasteiger partial charge in [-0.15, -0.1) is 0 Å². The summed E-state index contributed by atoms with van der Waals surface area (Å²) in [4.78, 5) is 0. The maximum atomic E-state index is 5.94. The smallest absolute Gasteiger partial charge is 0.131 e. The largest absolute Gasteiger partial charge is 0.457 e. The van der Waals surface area contributed by atoms with Gasteiger partial charge in [0.05, 0.1) is 0 Å². The van der Waals surface area contributed by atoms with Crippen LogP contribution >= 0.6 is 23.2 Å². The molecule has 2 aromatic rings. The Morgan fingerprint density at radius 3 is 2.39 bits per heavy atom. The Hall–Kier alpha value is -1.22. The van der Waals surface area contributed by atoms with E-state index >= 15 is 0 Å². The predicted molar refractivity (Wildman–Crippen MR) is 75.7 cm³/mol. The minimum Gasteiger partial charge on any atom is -0.457 e. The van der Waals surface area contributed by atoms with Gasteiger partial charge >= 0.3 is 0 Å². The zero-order chi connectivity index (χ0) is 13.0. The van der Waals surface area contributed by atoms with Gasteiger partial charge in [-0.25, -0.2) is 0 Å². The van der Waals surface area contributed by atoms with E-state index in [1.807, 2.05) is 31.3 Å². The van der Waals surface area contributed by atoms with Crippen LogP contribution in [0.15, 0.2) is 42.5 Å². The number of halogens is 2. The summed E-state index contributed by atoms with van der Waals surface area (Å²) in [7, 11) is 1.90. The predicted octanol–water partition coefficient (Wildman–Crippen LogP) is 4.51. The molecule has 0 heterocycles. The van der Waals surface area contributed by atoms with Crippen LogP contribution in [0.5, 0.6) is 11.5 Å². The second-order valence-corrected chi connectivity index (χ2v) is 4.72. The Balaban J connectivity index is 2.27. The van der Waals surface area contributed by atoms with Crippen LogP contribution in [0.2, 0.25) is 10.0 Å². The first-order chi connectivity index (χ1) is 8.69. The Bertz CT molecular complexity index is 523. The van der Waals surface area contributed by atoms with Crippen LogP contribution in [-0.4, -0.2) is 7.05 Å². The zero-order valence-corrected chi connectivity index (χ0v) is 11.4. The standard InChI is InChI=1S/C14H13Cl2NO/c1-17-9-10-4-2-3-5-14(10)18-13-7-11(15)6-12(16)8-13/h2-8,17H,9H2,1H3. The van der Waals surface area contributed by atoms with E-state index in [1.54, 1.807) is 18.2 Å². The average Bonchev–Trinajstić information content (AvgIpc) is 2.30. The monoisotopic (exact) mass is 281 g/mol. The van der Waals surface area contributed by atoms with E-state index < -0.39 is 0 Å². The summed E-state index contributed by atoms with van der Waals surface area (Å²) >= 11 is 11.9. The maximum Gasteiger partial charge on any atom is 0.131 e. The Morgan fingerprint density at radius 1 is 1.06 bits per heavy atom. The third kappa shape index (κ3) is 3.39. The molecule has 0 amide bonds.